The van der Waals surface area contributed by atoms with E-state index in [2.05, 4.69) is 34.1 Å². The summed E-state index contributed by atoms with van der Waals surface area (Å²) in [7, 11) is 6.63. The Labute approximate surface area is 241 Å². The molecule has 0 spiro atoms. The minimum Gasteiger partial charge on any atom is -0.493 e. The normalized spacial score (nSPS) is 17.3. The molecule has 3 heterocycles. The minimum absolute atomic E-state index is 0.146. The van der Waals surface area contributed by atoms with Gasteiger partial charge in [0.2, 0.25) is 0 Å². The lowest BCUT2D eigenvalue weighted by atomic mass is 10.1. The average molecular weight is 559 g/mol. The summed E-state index contributed by atoms with van der Waals surface area (Å²) in [4.78, 5) is 5.00. The van der Waals surface area contributed by atoms with Crippen molar-refractivity contribution in [3.8, 4) is 28.7 Å². The maximum Gasteiger partial charge on any atom is 0.162 e. The highest BCUT2D eigenvalue weighted by Gasteiger charge is 2.30. The van der Waals surface area contributed by atoms with Crippen molar-refractivity contribution >= 4 is 10.9 Å². The van der Waals surface area contributed by atoms with Crippen molar-refractivity contribution in [2.24, 2.45) is 0 Å². The number of benzene rings is 3. The summed E-state index contributed by atoms with van der Waals surface area (Å²) in [5.74, 6) is 3.83. The lowest BCUT2D eigenvalue weighted by Gasteiger charge is -2.37. The van der Waals surface area contributed by atoms with Gasteiger partial charge in [0.1, 0.15) is 5.75 Å². The topological polar surface area (TPSA) is 70.5 Å². The number of fused-ring (bicyclic) bond motifs is 2. The van der Waals surface area contributed by atoms with Crippen LogP contribution in [0.4, 0.5) is 0 Å². The molecule has 1 aromatic heterocycles. The molecule has 0 N–H and O–H groups in total. The van der Waals surface area contributed by atoms with E-state index >= 15 is 0 Å². The average Bonchev–Trinajstić information content (AvgIpc) is 3.60. The van der Waals surface area contributed by atoms with E-state index in [1.807, 2.05) is 35.0 Å². The smallest absolute Gasteiger partial charge is 0.162 e. The molecule has 1 atom stereocenters. The van der Waals surface area contributed by atoms with Crippen LogP contribution in [0.2, 0.25) is 0 Å². The molecule has 1 fully saturated rings. The van der Waals surface area contributed by atoms with Gasteiger partial charge in [0.25, 0.3) is 0 Å². The summed E-state index contributed by atoms with van der Waals surface area (Å²) < 4.78 is 30.5. The van der Waals surface area contributed by atoms with Crippen LogP contribution in [-0.2, 0) is 19.4 Å². The summed E-state index contributed by atoms with van der Waals surface area (Å²) >= 11 is 0. The van der Waals surface area contributed by atoms with Crippen molar-refractivity contribution in [3.05, 3.63) is 71.4 Å². The molecule has 0 bridgehead atoms. The van der Waals surface area contributed by atoms with Crippen LogP contribution in [-0.4, -0.2) is 87.0 Å². The van der Waals surface area contributed by atoms with Gasteiger partial charge in [-0.3, -0.25) is 9.58 Å². The van der Waals surface area contributed by atoms with Crippen LogP contribution >= 0.6 is 0 Å². The SMILES string of the molecule is COc1ccc(Cn2nc(CCN3CCN(C4Cc5ccccc5O4)CC3)c3cc(OC)c(OC)cc32)cc1OC. The summed E-state index contributed by atoms with van der Waals surface area (Å²) in [6.07, 6.45) is 1.95. The van der Waals surface area contributed by atoms with Crippen LogP contribution < -0.4 is 23.7 Å². The second kappa shape index (κ2) is 11.9. The first-order valence-corrected chi connectivity index (χ1v) is 14.1. The summed E-state index contributed by atoms with van der Waals surface area (Å²) in [5, 5.41) is 6.18. The molecule has 6 rings (SSSR count). The van der Waals surface area contributed by atoms with Gasteiger partial charge in [-0.25, -0.2) is 0 Å². The maximum atomic E-state index is 6.24. The van der Waals surface area contributed by atoms with E-state index in [9.17, 15) is 0 Å². The summed E-state index contributed by atoms with van der Waals surface area (Å²) in [6, 6.07) is 18.4. The van der Waals surface area contributed by atoms with Gasteiger partial charge in [0, 0.05) is 57.0 Å². The van der Waals surface area contributed by atoms with Crippen molar-refractivity contribution in [1.82, 2.24) is 19.6 Å². The zero-order chi connectivity index (χ0) is 28.3. The fourth-order valence-corrected chi connectivity index (χ4v) is 5.93. The number of piperazine rings is 1. The predicted molar refractivity (Wildman–Crippen MR) is 158 cm³/mol. The molecule has 1 unspecified atom stereocenters. The number of nitrogens with zero attached hydrogens (tertiary/aromatic N) is 4. The molecule has 9 nitrogen and oxygen atoms in total. The molecule has 216 valence electrons. The molecular formula is C32H38N4O5. The monoisotopic (exact) mass is 558 g/mol. The van der Waals surface area contributed by atoms with Crippen LogP contribution in [0.1, 0.15) is 16.8 Å². The fourth-order valence-electron chi connectivity index (χ4n) is 5.93. The highest BCUT2D eigenvalue weighted by Crippen LogP contribution is 2.35. The van der Waals surface area contributed by atoms with Gasteiger partial charge < -0.3 is 28.6 Å². The van der Waals surface area contributed by atoms with E-state index in [4.69, 9.17) is 28.8 Å². The number of para-hydroxylation sites is 1. The van der Waals surface area contributed by atoms with Gasteiger partial charge in [-0.15, -0.1) is 0 Å². The van der Waals surface area contributed by atoms with Gasteiger partial charge in [-0.1, -0.05) is 24.3 Å². The molecule has 0 amide bonds. The van der Waals surface area contributed by atoms with Gasteiger partial charge >= 0.3 is 0 Å². The third-order valence-electron chi connectivity index (χ3n) is 8.22. The van der Waals surface area contributed by atoms with Crippen LogP contribution in [0, 0.1) is 0 Å². The summed E-state index contributed by atoms with van der Waals surface area (Å²) in [5.41, 5.74) is 4.44. The Morgan fingerprint density at radius 1 is 0.805 bits per heavy atom. The van der Waals surface area contributed by atoms with E-state index in [1.54, 1.807) is 28.4 Å². The Balaban J connectivity index is 1.17. The molecule has 1 saturated heterocycles. The molecular weight excluding hydrogens is 520 g/mol. The number of hydrogen-bond acceptors (Lipinski definition) is 8. The van der Waals surface area contributed by atoms with E-state index in [0.29, 0.717) is 29.5 Å². The van der Waals surface area contributed by atoms with Crippen molar-refractivity contribution in [2.45, 2.75) is 25.6 Å². The zero-order valence-electron chi connectivity index (χ0n) is 24.3. The van der Waals surface area contributed by atoms with Gasteiger partial charge in [0.05, 0.1) is 46.2 Å². The second-order valence-electron chi connectivity index (χ2n) is 10.5. The molecule has 2 aliphatic rings. The van der Waals surface area contributed by atoms with Gasteiger partial charge in [-0.2, -0.15) is 5.10 Å². The molecule has 4 aromatic rings. The number of rotatable bonds is 10. The Morgan fingerprint density at radius 2 is 1.51 bits per heavy atom. The van der Waals surface area contributed by atoms with Crippen LogP contribution in [0.25, 0.3) is 10.9 Å². The quantitative estimate of drug-likeness (QED) is 0.286. The van der Waals surface area contributed by atoms with Crippen LogP contribution in [0.3, 0.4) is 0 Å². The van der Waals surface area contributed by atoms with Crippen molar-refractivity contribution in [1.29, 1.82) is 0 Å². The highest BCUT2D eigenvalue weighted by atomic mass is 16.5. The number of methoxy groups -OCH3 is 4. The first-order chi connectivity index (χ1) is 20.1. The van der Waals surface area contributed by atoms with E-state index in [1.165, 1.54) is 5.56 Å². The van der Waals surface area contributed by atoms with E-state index in [-0.39, 0.29) is 6.23 Å². The molecule has 0 saturated carbocycles. The Kier molecular flexibility index (Phi) is 7.89. The lowest BCUT2D eigenvalue weighted by molar-refractivity contribution is 0.00578. The van der Waals surface area contributed by atoms with E-state index in [0.717, 1.165) is 73.5 Å². The van der Waals surface area contributed by atoms with Gasteiger partial charge in [-0.05, 0) is 35.4 Å². The predicted octanol–water partition coefficient (Wildman–Crippen LogP) is 4.24. The molecule has 0 radical (unpaired) electrons. The van der Waals surface area contributed by atoms with E-state index < -0.39 is 0 Å². The number of hydrogen-bond donors (Lipinski definition) is 0. The molecule has 2 aliphatic heterocycles. The van der Waals surface area contributed by atoms with Gasteiger partial charge in [0.15, 0.2) is 29.2 Å². The Hall–Kier alpha value is -3.95. The largest absolute Gasteiger partial charge is 0.493 e. The van der Waals surface area contributed by atoms with Crippen molar-refractivity contribution < 1.29 is 23.7 Å². The third-order valence-corrected chi connectivity index (χ3v) is 8.22. The Bertz CT molecular complexity index is 1490. The van der Waals surface area contributed by atoms with Crippen molar-refractivity contribution in [2.75, 3.05) is 61.2 Å². The summed E-state index contributed by atoms with van der Waals surface area (Å²) in [6.45, 7) is 5.55. The fraction of sp³-hybridized carbons (Fsp3) is 0.406. The van der Waals surface area contributed by atoms with Crippen molar-refractivity contribution in [3.63, 3.8) is 0 Å². The molecule has 3 aromatic carbocycles. The minimum atomic E-state index is 0.146. The number of ether oxygens (including phenoxy) is 5. The molecule has 0 aliphatic carbocycles. The second-order valence-corrected chi connectivity index (χ2v) is 10.5. The highest BCUT2D eigenvalue weighted by molar-refractivity contribution is 5.86. The molecule has 41 heavy (non-hydrogen) atoms. The third kappa shape index (κ3) is 5.52. The molecule has 9 heteroatoms. The van der Waals surface area contributed by atoms with Crippen LogP contribution in [0.5, 0.6) is 28.7 Å². The first kappa shape index (κ1) is 27.2. The first-order valence-electron chi connectivity index (χ1n) is 14.1. The van der Waals surface area contributed by atoms with Crippen LogP contribution in [0.15, 0.2) is 54.6 Å². The number of aromatic nitrogens is 2. The Morgan fingerprint density at radius 3 is 2.24 bits per heavy atom. The zero-order valence-corrected chi connectivity index (χ0v) is 24.3. The standard InChI is InChI=1S/C32H38N4O5/c1-37-28-10-9-22(17-29(28)38-2)21-36-26-20-31(40-4)30(39-3)19-24(26)25(33-36)11-12-34-13-15-35(16-14-34)32-18-23-7-5-6-8-27(23)41-32/h5-10,17,19-20,32H,11-16,18,21H2,1-4H3. The maximum absolute atomic E-state index is 6.24. The lowest BCUT2D eigenvalue weighted by Crippen LogP contribution is -2.52.